The van der Waals surface area contributed by atoms with Gasteiger partial charge in [0, 0.05) is 43.5 Å². The number of hydrogen-bond donors (Lipinski definition) is 2. The maximum atomic E-state index is 12.2. The summed E-state index contributed by atoms with van der Waals surface area (Å²) in [7, 11) is 0. The van der Waals surface area contributed by atoms with E-state index < -0.39 is 0 Å². The third-order valence-electron chi connectivity index (χ3n) is 4.25. The minimum atomic E-state index is -0.309. The molecule has 0 spiro atoms. The van der Waals surface area contributed by atoms with Crippen molar-refractivity contribution in [3.05, 3.63) is 54.4 Å². The molecule has 3 amide bonds. The van der Waals surface area contributed by atoms with Crippen molar-refractivity contribution >= 4 is 17.6 Å². The molecule has 1 aliphatic rings. The van der Waals surface area contributed by atoms with Gasteiger partial charge in [0.2, 0.25) is 5.91 Å². The molecule has 1 aromatic heterocycles. The van der Waals surface area contributed by atoms with Crippen molar-refractivity contribution in [2.75, 3.05) is 18.4 Å². The Kier molecular flexibility index (Phi) is 6.25. The first kappa shape index (κ1) is 18.7. The summed E-state index contributed by atoms with van der Waals surface area (Å²) in [4.78, 5) is 29.9. The quantitative estimate of drug-likeness (QED) is 0.787. The molecule has 0 unspecified atom stereocenters. The zero-order valence-corrected chi connectivity index (χ0v) is 15.4. The van der Waals surface area contributed by atoms with E-state index in [9.17, 15) is 9.59 Å². The molecule has 1 aliphatic heterocycles. The van der Waals surface area contributed by atoms with Crippen molar-refractivity contribution in [3.8, 4) is 5.75 Å². The van der Waals surface area contributed by atoms with Gasteiger partial charge in [-0.05, 0) is 37.6 Å². The number of carbonyl (C=O) groups excluding carboxylic acids is 2. The molecular weight excluding hydrogens is 344 g/mol. The first-order valence-electron chi connectivity index (χ1n) is 9.08. The number of aromatic nitrogens is 1. The SMILES string of the molecule is C[C@@H](CN1CCCC1=O)NC(=O)Nc1cccc(OCc2ccccn2)c1. The van der Waals surface area contributed by atoms with Gasteiger partial charge in [0.25, 0.3) is 0 Å². The van der Waals surface area contributed by atoms with E-state index in [4.69, 9.17) is 4.74 Å². The van der Waals surface area contributed by atoms with Gasteiger partial charge in [-0.15, -0.1) is 0 Å². The Bertz CT molecular complexity index is 782. The monoisotopic (exact) mass is 368 g/mol. The number of nitrogens with one attached hydrogen (secondary N) is 2. The van der Waals surface area contributed by atoms with Crippen LogP contribution in [0, 0.1) is 0 Å². The van der Waals surface area contributed by atoms with Crippen LogP contribution < -0.4 is 15.4 Å². The summed E-state index contributed by atoms with van der Waals surface area (Å²) in [5.74, 6) is 0.802. The van der Waals surface area contributed by atoms with Crippen LogP contribution in [0.4, 0.5) is 10.5 Å². The van der Waals surface area contributed by atoms with E-state index >= 15 is 0 Å². The van der Waals surface area contributed by atoms with Gasteiger partial charge in [0.05, 0.1) is 5.69 Å². The highest BCUT2D eigenvalue weighted by molar-refractivity contribution is 5.89. The van der Waals surface area contributed by atoms with Gasteiger partial charge in [0.15, 0.2) is 0 Å². The van der Waals surface area contributed by atoms with Crippen molar-refractivity contribution in [2.24, 2.45) is 0 Å². The Morgan fingerprint density at radius 2 is 2.19 bits per heavy atom. The van der Waals surface area contributed by atoms with Crippen molar-refractivity contribution in [1.82, 2.24) is 15.2 Å². The fraction of sp³-hybridized carbons (Fsp3) is 0.350. The first-order valence-corrected chi connectivity index (χ1v) is 9.08. The standard InChI is InChI=1S/C20H24N4O3/c1-15(13-24-11-5-9-19(24)25)22-20(26)23-16-7-4-8-18(12-16)27-14-17-6-2-3-10-21-17/h2-4,6-8,10,12,15H,5,9,11,13-14H2,1H3,(H2,22,23,26)/t15-/m0/s1. The predicted octanol–water partition coefficient (Wildman–Crippen LogP) is 2.79. The highest BCUT2D eigenvalue weighted by atomic mass is 16.5. The number of hydrogen-bond acceptors (Lipinski definition) is 4. The summed E-state index contributed by atoms with van der Waals surface area (Å²) in [5, 5.41) is 5.66. The molecule has 1 aromatic carbocycles. The smallest absolute Gasteiger partial charge is 0.319 e. The van der Waals surface area contributed by atoms with Gasteiger partial charge < -0.3 is 20.3 Å². The molecule has 1 saturated heterocycles. The number of nitrogens with zero attached hydrogens (tertiary/aromatic N) is 2. The van der Waals surface area contributed by atoms with Crippen LogP contribution >= 0.6 is 0 Å². The zero-order chi connectivity index (χ0) is 19.1. The van der Waals surface area contributed by atoms with Crippen molar-refractivity contribution in [1.29, 1.82) is 0 Å². The number of anilines is 1. The Balaban J connectivity index is 1.48. The fourth-order valence-corrected chi connectivity index (χ4v) is 2.97. The van der Waals surface area contributed by atoms with E-state index in [1.54, 1.807) is 23.2 Å². The predicted molar refractivity (Wildman–Crippen MR) is 102 cm³/mol. The van der Waals surface area contributed by atoms with Gasteiger partial charge >= 0.3 is 6.03 Å². The second-order valence-electron chi connectivity index (χ2n) is 6.58. The topological polar surface area (TPSA) is 83.6 Å². The third-order valence-corrected chi connectivity index (χ3v) is 4.25. The minimum Gasteiger partial charge on any atom is -0.487 e. The molecule has 2 heterocycles. The van der Waals surface area contributed by atoms with Crippen LogP contribution in [0.2, 0.25) is 0 Å². The lowest BCUT2D eigenvalue weighted by Gasteiger charge is -2.21. The summed E-state index contributed by atoms with van der Waals surface area (Å²) >= 11 is 0. The number of benzene rings is 1. The lowest BCUT2D eigenvalue weighted by atomic mass is 10.3. The molecule has 3 rings (SSSR count). The van der Waals surface area contributed by atoms with Crippen LogP contribution in [-0.4, -0.2) is 41.0 Å². The van der Waals surface area contributed by atoms with Crippen LogP contribution in [0.5, 0.6) is 5.75 Å². The second kappa shape index (κ2) is 9.02. The maximum Gasteiger partial charge on any atom is 0.319 e. The highest BCUT2D eigenvalue weighted by Gasteiger charge is 2.22. The second-order valence-corrected chi connectivity index (χ2v) is 6.58. The lowest BCUT2D eigenvalue weighted by Crippen LogP contribution is -2.44. The molecule has 0 radical (unpaired) electrons. The van der Waals surface area contributed by atoms with Crippen molar-refractivity contribution in [2.45, 2.75) is 32.4 Å². The van der Waals surface area contributed by atoms with Crippen LogP contribution in [0.25, 0.3) is 0 Å². The molecule has 27 heavy (non-hydrogen) atoms. The summed E-state index contributed by atoms with van der Waals surface area (Å²) in [6, 6.07) is 12.4. The number of rotatable bonds is 7. The van der Waals surface area contributed by atoms with Crippen LogP contribution in [0.15, 0.2) is 48.7 Å². The maximum absolute atomic E-state index is 12.2. The van der Waals surface area contributed by atoms with Crippen molar-refractivity contribution in [3.63, 3.8) is 0 Å². The Morgan fingerprint density at radius 1 is 1.30 bits per heavy atom. The number of ether oxygens (including phenoxy) is 1. The van der Waals surface area contributed by atoms with Crippen molar-refractivity contribution < 1.29 is 14.3 Å². The number of carbonyl (C=O) groups is 2. The lowest BCUT2D eigenvalue weighted by molar-refractivity contribution is -0.127. The Labute approximate surface area is 158 Å². The molecule has 1 atom stereocenters. The number of urea groups is 1. The van der Waals surface area contributed by atoms with Gasteiger partial charge in [-0.25, -0.2) is 4.79 Å². The number of pyridine rings is 1. The average molecular weight is 368 g/mol. The summed E-state index contributed by atoms with van der Waals surface area (Å²) in [6.07, 6.45) is 3.21. The number of amides is 3. The normalized spacial score (nSPS) is 14.7. The summed E-state index contributed by atoms with van der Waals surface area (Å²) in [6.45, 7) is 3.54. The highest BCUT2D eigenvalue weighted by Crippen LogP contribution is 2.18. The summed E-state index contributed by atoms with van der Waals surface area (Å²) < 4.78 is 5.72. The van der Waals surface area contributed by atoms with Gasteiger partial charge in [-0.1, -0.05) is 12.1 Å². The first-order chi connectivity index (χ1) is 13.1. The molecule has 7 nitrogen and oxygen atoms in total. The summed E-state index contributed by atoms with van der Waals surface area (Å²) in [5.41, 5.74) is 1.47. The third kappa shape index (κ3) is 5.70. The molecule has 2 N–H and O–H groups in total. The largest absolute Gasteiger partial charge is 0.487 e. The average Bonchev–Trinajstić information content (AvgIpc) is 3.05. The van der Waals surface area contributed by atoms with Crippen LogP contribution in [0.3, 0.4) is 0 Å². The van der Waals surface area contributed by atoms with Crippen LogP contribution in [-0.2, 0) is 11.4 Å². The molecule has 142 valence electrons. The van der Waals surface area contributed by atoms with Crippen LogP contribution in [0.1, 0.15) is 25.5 Å². The van der Waals surface area contributed by atoms with E-state index in [1.165, 1.54) is 0 Å². The van der Waals surface area contributed by atoms with Gasteiger partial charge in [0.1, 0.15) is 12.4 Å². The molecule has 1 fully saturated rings. The zero-order valence-electron chi connectivity index (χ0n) is 15.4. The minimum absolute atomic E-state index is 0.129. The van der Waals surface area contributed by atoms with E-state index in [1.807, 2.05) is 37.3 Å². The molecule has 7 heteroatoms. The Hall–Kier alpha value is -3.09. The van der Waals surface area contributed by atoms with E-state index in [-0.39, 0.29) is 18.0 Å². The molecule has 0 saturated carbocycles. The van der Waals surface area contributed by atoms with E-state index in [0.29, 0.717) is 31.0 Å². The fourth-order valence-electron chi connectivity index (χ4n) is 2.97. The molecular formula is C20H24N4O3. The van der Waals surface area contributed by atoms with Gasteiger partial charge in [-0.3, -0.25) is 9.78 Å². The molecule has 0 aliphatic carbocycles. The van der Waals surface area contributed by atoms with E-state index in [0.717, 1.165) is 18.7 Å². The number of likely N-dealkylation sites (tertiary alicyclic amines) is 1. The Morgan fingerprint density at radius 3 is 2.93 bits per heavy atom. The van der Waals surface area contributed by atoms with E-state index in [2.05, 4.69) is 15.6 Å². The molecule has 2 aromatic rings. The van der Waals surface area contributed by atoms with Gasteiger partial charge in [-0.2, -0.15) is 0 Å². The molecule has 0 bridgehead atoms.